The summed E-state index contributed by atoms with van der Waals surface area (Å²) in [6.07, 6.45) is -46.4. The highest BCUT2D eigenvalue weighted by Gasteiger charge is 2.61. The van der Waals surface area contributed by atoms with Crippen molar-refractivity contribution >= 4 is 11.9 Å². The summed E-state index contributed by atoms with van der Waals surface area (Å²) in [4.78, 5) is 26.0. The summed E-state index contributed by atoms with van der Waals surface area (Å²) >= 11 is 0. The van der Waals surface area contributed by atoms with E-state index < -0.39 is 210 Å². The highest BCUT2D eigenvalue weighted by Crippen LogP contribution is 2.41. The van der Waals surface area contributed by atoms with Gasteiger partial charge in [-0.25, -0.2) is 4.79 Å². The molecule has 0 radical (unpaired) electrons. The lowest BCUT2D eigenvalue weighted by molar-refractivity contribution is -0.404. The highest BCUT2D eigenvalue weighted by atomic mass is 16.8. The SMILES string of the molecule is CC(=O)NC1[C@H](O[C@H]2C(CO)O[C@@H](O[C@@H]3C(CO)OC(O)C(O)[C@H]3O)C(O)[C@H]2O[C@]2(C(=O)O)CC(O)[C@@H](C)[C@H]([C@H](O)[C@H](O)CO)O2)OC(CO)[C@H](O)[C@@H]1O[C@@H]1OC(CO)[C@H](O)[C@H](O)C1O. The standard InChI is InChI=1S/C36H61NO28/c1-9-11(44)3-36(35(55)56,64-26(9)18(46)12(45)4-38)65-30-25(53)34(61-27-15(7-41)57-31(54)23(51)22(27)50)60-16(8-42)28(30)62-32-17(37-10(2)43)29(20(48)14(6-40)58-32)63-33-24(52)21(49)19(47)13(5-39)59-33/h9,11-34,38-42,44-54H,3-8H2,1-2H3,(H,37,43)(H,55,56)/t9-,11?,12-,13?,14?,15?,16?,17?,18-,19+,20+,21+,22-,23?,24?,25?,26-,27-,28+,29-,30-,31?,32+,33+,34+,36+/m1/s1. The number of amides is 1. The number of carboxylic acid groups (broad SMARTS) is 1. The van der Waals surface area contributed by atoms with Gasteiger partial charge in [0, 0.05) is 19.3 Å². The minimum atomic E-state index is -3.16. The van der Waals surface area contributed by atoms with Gasteiger partial charge in [0.2, 0.25) is 5.91 Å². The molecule has 5 aliphatic heterocycles. The number of hydrogen-bond acceptors (Lipinski definition) is 27. The minimum absolute atomic E-state index is 0.888. The molecule has 26 atom stereocenters. The smallest absolute Gasteiger partial charge is 0.364 e. The molecule has 0 aliphatic carbocycles. The van der Waals surface area contributed by atoms with Gasteiger partial charge >= 0.3 is 5.97 Å². The zero-order valence-corrected chi connectivity index (χ0v) is 34.8. The summed E-state index contributed by atoms with van der Waals surface area (Å²) in [5, 5.41) is 182. The predicted octanol–water partition coefficient (Wildman–Crippen LogP) is -11.3. The molecule has 5 fully saturated rings. The van der Waals surface area contributed by atoms with Crippen LogP contribution in [-0.2, 0) is 52.2 Å². The summed E-state index contributed by atoms with van der Waals surface area (Å²) in [7, 11) is 0. The molecule has 29 nitrogen and oxygen atoms in total. The molecule has 0 aromatic rings. The maximum absolute atomic E-state index is 13.2. The number of hydrogen-bond donors (Lipinski definition) is 18. The van der Waals surface area contributed by atoms with Gasteiger partial charge in [-0.1, -0.05) is 6.92 Å². The van der Waals surface area contributed by atoms with Crippen molar-refractivity contribution in [1.82, 2.24) is 5.32 Å². The Kier molecular flexibility index (Phi) is 18.7. The first-order chi connectivity index (χ1) is 30.6. The lowest BCUT2D eigenvalue weighted by Crippen LogP contribution is -2.71. The Labute approximate surface area is 368 Å². The van der Waals surface area contributed by atoms with Crippen LogP contribution in [0.5, 0.6) is 0 Å². The van der Waals surface area contributed by atoms with Gasteiger partial charge in [-0.05, 0) is 0 Å². The van der Waals surface area contributed by atoms with Crippen LogP contribution in [0.1, 0.15) is 20.3 Å². The summed E-state index contributed by atoms with van der Waals surface area (Å²) < 4.78 is 51.7. The van der Waals surface area contributed by atoms with Gasteiger partial charge in [0.25, 0.3) is 5.79 Å². The molecule has 0 aromatic carbocycles. The van der Waals surface area contributed by atoms with E-state index in [0.29, 0.717) is 0 Å². The number of rotatable bonds is 17. The third kappa shape index (κ3) is 11.2. The molecule has 1 amide bonds. The van der Waals surface area contributed by atoms with E-state index in [2.05, 4.69) is 5.32 Å². The number of aliphatic hydroxyl groups is 16. The Hall–Kier alpha value is -2.06. The molecule has 5 saturated heterocycles. The monoisotopic (exact) mass is 955 g/mol. The van der Waals surface area contributed by atoms with Crippen molar-refractivity contribution in [3.05, 3.63) is 0 Å². The second kappa shape index (κ2) is 22.6. The van der Waals surface area contributed by atoms with Crippen molar-refractivity contribution in [2.45, 2.75) is 173 Å². The molecule has 0 aromatic heterocycles. The molecule has 5 heterocycles. The van der Waals surface area contributed by atoms with Gasteiger partial charge in [0.15, 0.2) is 25.2 Å². The van der Waals surface area contributed by atoms with Crippen LogP contribution in [0.4, 0.5) is 0 Å². The van der Waals surface area contributed by atoms with E-state index in [1.807, 2.05) is 0 Å². The molecule has 5 rings (SSSR count). The van der Waals surface area contributed by atoms with Gasteiger partial charge in [0.05, 0.1) is 45.2 Å². The van der Waals surface area contributed by atoms with Gasteiger partial charge in [-0.3, -0.25) is 4.79 Å². The third-order valence-electron chi connectivity index (χ3n) is 12.1. The quantitative estimate of drug-likeness (QED) is 0.0644. The van der Waals surface area contributed by atoms with Gasteiger partial charge in [-0.15, -0.1) is 0 Å². The first kappa shape index (κ1) is 53.9. The molecular formula is C36H61NO28. The van der Waals surface area contributed by atoms with Gasteiger partial charge < -0.3 is 135 Å². The molecule has 10 unspecified atom stereocenters. The maximum Gasteiger partial charge on any atom is 0.364 e. The summed E-state index contributed by atoms with van der Waals surface area (Å²) in [5.74, 6) is -7.26. The van der Waals surface area contributed by atoms with Crippen molar-refractivity contribution in [1.29, 1.82) is 0 Å². The molecule has 0 spiro atoms. The number of nitrogens with one attached hydrogen (secondary N) is 1. The van der Waals surface area contributed by atoms with Gasteiger partial charge in [0.1, 0.15) is 110 Å². The average molecular weight is 956 g/mol. The zero-order valence-electron chi connectivity index (χ0n) is 34.8. The molecule has 378 valence electrons. The fourth-order valence-corrected chi connectivity index (χ4v) is 8.31. The normalized spacial score (nSPS) is 48.3. The summed E-state index contributed by atoms with van der Waals surface area (Å²) in [6, 6.07) is -1.82. The number of ether oxygens (including phenoxy) is 9. The molecule has 18 N–H and O–H groups in total. The average Bonchev–Trinajstić information content (AvgIpc) is 3.27. The largest absolute Gasteiger partial charge is 0.477 e. The van der Waals surface area contributed by atoms with E-state index in [0.717, 1.165) is 6.92 Å². The second-order valence-corrected chi connectivity index (χ2v) is 16.5. The van der Waals surface area contributed by atoms with E-state index in [1.165, 1.54) is 6.92 Å². The number of carboxylic acids is 1. The molecule has 65 heavy (non-hydrogen) atoms. The lowest BCUT2D eigenvalue weighted by atomic mass is 9.84. The predicted molar refractivity (Wildman–Crippen MR) is 198 cm³/mol. The summed E-state index contributed by atoms with van der Waals surface area (Å²) in [5.41, 5.74) is 0. The number of carbonyl (C=O) groups excluding carboxylic acids is 1. The number of aliphatic carboxylic acids is 1. The van der Waals surface area contributed by atoms with Crippen molar-refractivity contribution in [3.63, 3.8) is 0 Å². The van der Waals surface area contributed by atoms with Crippen LogP contribution in [0.15, 0.2) is 0 Å². The summed E-state index contributed by atoms with van der Waals surface area (Å²) in [6.45, 7) is -2.89. The first-order valence-corrected chi connectivity index (χ1v) is 20.6. The fraction of sp³-hybridized carbons (Fsp3) is 0.944. The van der Waals surface area contributed by atoms with Crippen LogP contribution in [0.25, 0.3) is 0 Å². The van der Waals surface area contributed by atoms with Crippen LogP contribution in [0.2, 0.25) is 0 Å². The van der Waals surface area contributed by atoms with Crippen molar-refractivity contribution in [2.24, 2.45) is 5.92 Å². The Morgan fingerprint density at radius 1 is 0.631 bits per heavy atom. The second-order valence-electron chi connectivity index (χ2n) is 16.5. The van der Waals surface area contributed by atoms with Crippen LogP contribution >= 0.6 is 0 Å². The van der Waals surface area contributed by atoms with E-state index in [9.17, 15) is 96.4 Å². The maximum atomic E-state index is 13.2. The van der Waals surface area contributed by atoms with Crippen LogP contribution in [0, 0.1) is 5.92 Å². The zero-order chi connectivity index (χ0) is 48.4. The molecule has 5 aliphatic rings. The Bertz CT molecular complexity index is 1530. The van der Waals surface area contributed by atoms with E-state index >= 15 is 0 Å². The Morgan fingerprint density at radius 2 is 1.15 bits per heavy atom. The van der Waals surface area contributed by atoms with Crippen LogP contribution in [-0.4, -0.2) is 285 Å². The number of carbonyl (C=O) groups is 2. The van der Waals surface area contributed by atoms with E-state index in [-0.39, 0.29) is 0 Å². The van der Waals surface area contributed by atoms with Crippen molar-refractivity contribution < 1.29 is 139 Å². The fourth-order valence-electron chi connectivity index (χ4n) is 8.31. The number of aliphatic hydroxyl groups excluding tert-OH is 16. The van der Waals surface area contributed by atoms with E-state index in [1.54, 1.807) is 0 Å². The van der Waals surface area contributed by atoms with Crippen molar-refractivity contribution in [3.8, 4) is 0 Å². The van der Waals surface area contributed by atoms with Crippen LogP contribution < -0.4 is 5.32 Å². The van der Waals surface area contributed by atoms with Crippen molar-refractivity contribution in [2.75, 3.05) is 33.0 Å². The topological polar surface area (TPSA) is 473 Å². The molecular weight excluding hydrogens is 894 g/mol. The Balaban J connectivity index is 1.58. The lowest BCUT2D eigenvalue weighted by Gasteiger charge is -2.52. The highest BCUT2D eigenvalue weighted by molar-refractivity contribution is 5.76. The first-order valence-electron chi connectivity index (χ1n) is 20.6. The molecule has 0 bridgehead atoms. The Morgan fingerprint density at radius 3 is 1.72 bits per heavy atom. The van der Waals surface area contributed by atoms with Crippen LogP contribution in [0.3, 0.4) is 0 Å². The van der Waals surface area contributed by atoms with Gasteiger partial charge in [-0.2, -0.15) is 0 Å². The third-order valence-corrected chi connectivity index (χ3v) is 12.1. The molecule has 29 heteroatoms. The van der Waals surface area contributed by atoms with E-state index in [4.69, 9.17) is 42.6 Å². The molecule has 0 saturated carbocycles. The minimum Gasteiger partial charge on any atom is -0.477 e.